The highest BCUT2D eigenvalue weighted by Crippen LogP contribution is 2.33. The van der Waals surface area contributed by atoms with E-state index in [0.717, 1.165) is 28.2 Å². The second-order valence-corrected chi connectivity index (χ2v) is 10.2. The number of nitrogens with one attached hydrogen (secondary N) is 3. The molecule has 3 aromatic heterocycles. The van der Waals surface area contributed by atoms with Crippen molar-refractivity contribution in [2.75, 3.05) is 13.1 Å². The number of carbonyl (C=O) groups is 2. The highest BCUT2D eigenvalue weighted by Gasteiger charge is 2.32. The normalized spacial score (nSPS) is 19.2. The SMILES string of the molecule is C=C1CC1N(CC)CCC(=O)NC1=CNC(C)C(NC(=O)c2cnn3cc(-c4cnn(C)c4)sc23)=C1. The number of allylic oxidation sites excluding steroid dienone is 1. The Labute approximate surface area is 213 Å². The first-order valence-corrected chi connectivity index (χ1v) is 12.8. The lowest BCUT2D eigenvalue weighted by Crippen LogP contribution is -2.39. The first kappa shape index (κ1) is 24.0. The quantitative estimate of drug-likeness (QED) is 0.385. The molecule has 1 aliphatic carbocycles. The fraction of sp³-hybridized carbons (Fsp3) is 0.360. The van der Waals surface area contributed by atoms with Crippen LogP contribution in [0.2, 0.25) is 0 Å². The van der Waals surface area contributed by atoms with E-state index in [-0.39, 0.29) is 17.9 Å². The number of rotatable bonds is 9. The molecule has 36 heavy (non-hydrogen) atoms. The summed E-state index contributed by atoms with van der Waals surface area (Å²) in [5.41, 5.74) is 3.99. The summed E-state index contributed by atoms with van der Waals surface area (Å²) in [6.45, 7) is 9.65. The molecule has 1 aliphatic heterocycles. The first-order valence-electron chi connectivity index (χ1n) is 12.0. The Morgan fingerprint density at radius 3 is 2.78 bits per heavy atom. The molecule has 0 saturated heterocycles. The highest BCUT2D eigenvalue weighted by atomic mass is 32.1. The summed E-state index contributed by atoms with van der Waals surface area (Å²) in [6, 6.07) is 0.298. The number of thiazole rings is 1. The zero-order chi connectivity index (χ0) is 25.4. The number of dihydropyridines is 1. The van der Waals surface area contributed by atoms with Crippen molar-refractivity contribution < 1.29 is 9.59 Å². The molecule has 2 unspecified atom stereocenters. The third kappa shape index (κ3) is 4.98. The number of nitrogens with zero attached hydrogens (tertiary/aromatic N) is 5. The van der Waals surface area contributed by atoms with E-state index in [0.29, 0.717) is 36.0 Å². The Morgan fingerprint density at radius 1 is 1.28 bits per heavy atom. The molecule has 0 bridgehead atoms. The maximum atomic E-state index is 13.2. The average molecular weight is 507 g/mol. The van der Waals surface area contributed by atoms with Crippen LogP contribution in [-0.4, -0.2) is 61.3 Å². The average Bonchev–Trinajstić information content (AvgIpc) is 3.19. The number of aromatic nitrogens is 4. The summed E-state index contributed by atoms with van der Waals surface area (Å²) < 4.78 is 3.45. The second-order valence-electron chi connectivity index (χ2n) is 9.15. The van der Waals surface area contributed by atoms with Gasteiger partial charge < -0.3 is 16.0 Å². The predicted octanol–water partition coefficient (Wildman–Crippen LogP) is 2.40. The van der Waals surface area contributed by atoms with Crippen molar-refractivity contribution in [1.82, 2.24) is 40.2 Å². The van der Waals surface area contributed by atoms with Gasteiger partial charge in [0, 0.05) is 55.9 Å². The van der Waals surface area contributed by atoms with Gasteiger partial charge in [-0.05, 0) is 26.0 Å². The van der Waals surface area contributed by atoms with Crippen molar-refractivity contribution >= 4 is 28.0 Å². The van der Waals surface area contributed by atoms with Gasteiger partial charge in [-0.3, -0.25) is 19.2 Å². The van der Waals surface area contributed by atoms with Crippen molar-refractivity contribution in [3.63, 3.8) is 0 Å². The van der Waals surface area contributed by atoms with Crippen LogP contribution in [0.25, 0.3) is 15.3 Å². The Kier molecular flexibility index (Phi) is 6.50. The molecule has 1 fully saturated rings. The lowest BCUT2D eigenvalue weighted by Gasteiger charge is -2.23. The monoisotopic (exact) mass is 506 g/mol. The van der Waals surface area contributed by atoms with E-state index in [4.69, 9.17) is 0 Å². The molecule has 0 spiro atoms. The molecule has 1 saturated carbocycles. The molecule has 188 valence electrons. The number of fused-ring (bicyclic) bond motifs is 1. The van der Waals surface area contributed by atoms with E-state index in [1.165, 1.54) is 16.9 Å². The standard InChI is InChI=1S/C25H30N8O2S/c1-5-32(21-8-15(21)2)7-6-23(34)29-18-9-20(16(3)26-11-18)30-24(35)19-12-28-33-14-22(36-25(19)33)17-10-27-31(4)13-17/h9-14,16,21,26H,2,5-8H2,1,3-4H3,(H,29,34)(H,30,35). The van der Waals surface area contributed by atoms with Gasteiger partial charge in [0.1, 0.15) is 4.83 Å². The van der Waals surface area contributed by atoms with Gasteiger partial charge in [-0.2, -0.15) is 10.2 Å². The number of amides is 2. The fourth-order valence-corrected chi connectivity index (χ4v) is 5.29. The minimum Gasteiger partial charge on any atom is -0.381 e. The van der Waals surface area contributed by atoms with Gasteiger partial charge in [-0.25, -0.2) is 4.52 Å². The van der Waals surface area contributed by atoms with Crippen LogP contribution in [0.3, 0.4) is 0 Å². The van der Waals surface area contributed by atoms with E-state index in [9.17, 15) is 9.59 Å². The van der Waals surface area contributed by atoms with E-state index in [2.05, 4.69) is 44.6 Å². The molecule has 3 aromatic rings. The van der Waals surface area contributed by atoms with Gasteiger partial charge in [-0.1, -0.05) is 19.1 Å². The molecule has 2 amide bonds. The van der Waals surface area contributed by atoms with E-state index >= 15 is 0 Å². The molecule has 2 atom stereocenters. The molecular weight excluding hydrogens is 476 g/mol. The minimum absolute atomic E-state index is 0.0656. The van der Waals surface area contributed by atoms with Gasteiger partial charge in [0.25, 0.3) is 5.91 Å². The van der Waals surface area contributed by atoms with Gasteiger partial charge >= 0.3 is 0 Å². The lowest BCUT2D eigenvalue weighted by atomic mass is 10.1. The number of aryl methyl sites for hydroxylation is 1. The highest BCUT2D eigenvalue weighted by molar-refractivity contribution is 7.21. The Hall–Kier alpha value is -3.70. The van der Waals surface area contributed by atoms with Crippen LogP contribution in [0.1, 0.15) is 37.0 Å². The van der Waals surface area contributed by atoms with E-state index < -0.39 is 0 Å². The summed E-state index contributed by atoms with van der Waals surface area (Å²) >= 11 is 1.49. The minimum atomic E-state index is -0.250. The Bertz CT molecular complexity index is 1390. The summed E-state index contributed by atoms with van der Waals surface area (Å²) in [6.07, 6.45) is 12.2. The maximum Gasteiger partial charge on any atom is 0.260 e. The maximum absolute atomic E-state index is 13.2. The number of hydrogen-bond donors (Lipinski definition) is 3. The van der Waals surface area contributed by atoms with Crippen LogP contribution in [0.4, 0.5) is 0 Å². The molecule has 4 heterocycles. The predicted molar refractivity (Wildman–Crippen MR) is 139 cm³/mol. The molecule has 10 nitrogen and oxygen atoms in total. The van der Waals surface area contributed by atoms with Gasteiger partial charge in [0.2, 0.25) is 5.91 Å². The summed E-state index contributed by atoms with van der Waals surface area (Å²) in [5, 5.41) is 17.7. The van der Waals surface area contributed by atoms with Gasteiger partial charge in [-0.15, -0.1) is 11.3 Å². The molecule has 0 aromatic carbocycles. The van der Waals surface area contributed by atoms with Crippen molar-refractivity contribution in [2.24, 2.45) is 7.05 Å². The summed E-state index contributed by atoms with van der Waals surface area (Å²) in [7, 11) is 1.87. The van der Waals surface area contributed by atoms with Crippen molar-refractivity contribution in [3.05, 3.63) is 66.2 Å². The van der Waals surface area contributed by atoms with Gasteiger partial charge in [0.15, 0.2) is 0 Å². The zero-order valence-electron chi connectivity index (χ0n) is 20.6. The largest absolute Gasteiger partial charge is 0.381 e. The van der Waals surface area contributed by atoms with Crippen LogP contribution in [0.5, 0.6) is 0 Å². The van der Waals surface area contributed by atoms with Crippen molar-refractivity contribution in [3.8, 4) is 10.4 Å². The molecule has 0 radical (unpaired) electrons. The third-order valence-electron chi connectivity index (χ3n) is 6.48. The van der Waals surface area contributed by atoms with E-state index in [1.807, 2.05) is 26.4 Å². The van der Waals surface area contributed by atoms with Gasteiger partial charge in [0.05, 0.1) is 34.6 Å². The summed E-state index contributed by atoms with van der Waals surface area (Å²) in [4.78, 5) is 29.7. The van der Waals surface area contributed by atoms with Crippen molar-refractivity contribution in [2.45, 2.75) is 38.8 Å². The number of likely N-dealkylation sites (N-methyl/N-ethyl adjacent to an activating group) is 1. The van der Waals surface area contributed by atoms with Crippen LogP contribution in [-0.2, 0) is 11.8 Å². The number of carbonyl (C=O) groups excluding carboxylic acids is 2. The second kappa shape index (κ2) is 9.75. The molecular formula is C25H30N8O2S. The van der Waals surface area contributed by atoms with Crippen LogP contribution >= 0.6 is 11.3 Å². The molecule has 5 rings (SSSR count). The van der Waals surface area contributed by atoms with E-state index in [1.54, 1.807) is 33.9 Å². The summed E-state index contributed by atoms with van der Waals surface area (Å²) in [5.74, 6) is -0.315. The van der Waals surface area contributed by atoms with Crippen LogP contribution in [0, 0.1) is 0 Å². The van der Waals surface area contributed by atoms with Crippen molar-refractivity contribution in [1.29, 1.82) is 0 Å². The lowest BCUT2D eigenvalue weighted by molar-refractivity contribution is -0.120. The zero-order valence-corrected chi connectivity index (χ0v) is 21.4. The first-order chi connectivity index (χ1) is 17.3. The molecule has 2 aliphatic rings. The third-order valence-corrected chi connectivity index (χ3v) is 7.64. The fourth-order valence-electron chi connectivity index (χ4n) is 4.26. The topological polar surface area (TPSA) is 109 Å². The smallest absolute Gasteiger partial charge is 0.260 e. The molecule has 3 N–H and O–H groups in total. The number of hydrogen-bond acceptors (Lipinski definition) is 7. The molecule has 11 heteroatoms. The Morgan fingerprint density at radius 2 is 2.08 bits per heavy atom. The van der Waals surface area contributed by atoms with Crippen LogP contribution in [0.15, 0.2) is 60.6 Å². The van der Waals surface area contributed by atoms with Crippen LogP contribution < -0.4 is 16.0 Å². The Balaban J connectivity index is 1.23.